The lowest BCUT2D eigenvalue weighted by Crippen LogP contribution is -2.49. The van der Waals surface area contributed by atoms with Crippen LogP contribution in [-0.2, 0) is 60.6 Å². The van der Waals surface area contributed by atoms with Crippen LogP contribution in [0, 0.1) is 34.5 Å². The van der Waals surface area contributed by atoms with Crippen molar-refractivity contribution in [3.8, 4) is 17.5 Å². The van der Waals surface area contributed by atoms with Gasteiger partial charge in [0.15, 0.2) is 11.3 Å². The Hall–Kier alpha value is -6.76. The minimum atomic E-state index is -0.835. The van der Waals surface area contributed by atoms with Crippen LogP contribution >= 0.6 is 0 Å². The first kappa shape index (κ1) is 66.3. The van der Waals surface area contributed by atoms with E-state index in [2.05, 4.69) is 36.8 Å². The first-order valence-corrected chi connectivity index (χ1v) is 35.4. The van der Waals surface area contributed by atoms with E-state index in [1.165, 1.54) is 14.2 Å². The summed E-state index contributed by atoms with van der Waals surface area (Å²) in [5.41, 5.74) is 2.29. The van der Waals surface area contributed by atoms with Gasteiger partial charge in [0, 0.05) is 36.7 Å². The molecular formula is C74H99N5O14. The third-order valence-corrected chi connectivity index (χ3v) is 22.7. The molecule has 19 heteroatoms. The smallest absolute Gasteiger partial charge is 0.328 e. The highest BCUT2D eigenvalue weighted by molar-refractivity contribution is 5.91. The SMILES string of the molecule is COC(=O)[C@@H]1C[C@@H]2CN1C(=O)[C@H](C1(C)CCCCC1)CC(=O)O[C@@H]1C[C@H]1CCCCCc1c([nH]c3ccccc3c1=O)O2.COC(=O)[C@@H]1C[C@@H]2CN1C(=O)[C@H](C1(C)CCCCC1)CC(=O)O[C@@H]1C[C@H]1CCCCCc1c(nc3ccccc3c1OC1CCN(C)CC1)O2. The van der Waals surface area contributed by atoms with Crippen LogP contribution in [0.2, 0.25) is 0 Å². The molecule has 7 fully saturated rings. The number of methoxy groups -OCH3 is 2. The normalized spacial score (nSPS) is 29.9. The second-order valence-electron chi connectivity index (χ2n) is 29.4. The Labute approximate surface area is 547 Å². The Balaban J connectivity index is 0.000000181. The highest BCUT2D eigenvalue weighted by Gasteiger charge is 2.52. The molecule has 2 aromatic heterocycles. The van der Waals surface area contributed by atoms with Crippen LogP contribution in [0.5, 0.6) is 17.5 Å². The molecule has 4 bridgehead atoms. The van der Waals surface area contributed by atoms with Gasteiger partial charge >= 0.3 is 23.9 Å². The fourth-order valence-electron chi connectivity index (χ4n) is 16.8. The van der Waals surface area contributed by atoms with Crippen molar-refractivity contribution in [3.05, 3.63) is 69.9 Å². The Kier molecular flexibility index (Phi) is 20.7. The molecule has 2 aromatic carbocycles. The number of nitrogens with one attached hydrogen (secondary N) is 1. The summed E-state index contributed by atoms with van der Waals surface area (Å²) in [6.45, 7) is 6.61. The van der Waals surface area contributed by atoms with Gasteiger partial charge in [0.1, 0.15) is 48.4 Å². The van der Waals surface area contributed by atoms with Crippen molar-refractivity contribution in [2.45, 2.75) is 236 Å². The fourth-order valence-corrected chi connectivity index (χ4v) is 16.8. The van der Waals surface area contributed by atoms with Gasteiger partial charge in [-0.25, -0.2) is 14.6 Å². The van der Waals surface area contributed by atoms with Crippen molar-refractivity contribution < 1.29 is 61.9 Å². The summed E-state index contributed by atoms with van der Waals surface area (Å²) in [6, 6.07) is 13.9. The zero-order valence-corrected chi connectivity index (χ0v) is 55.6. The molecule has 1 N–H and O–H groups in total. The monoisotopic (exact) mass is 1280 g/mol. The van der Waals surface area contributed by atoms with Crippen LogP contribution in [0.4, 0.5) is 0 Å². The molecule has 4 saturated carbocycles. The number of amides is 2. The minimum Gasteiger partial charge on any atom is -0.489 e. The summed E-state index contributed by atoms with van der Waals surface area (Å²) in [5.74, 6) is -0.652. The molecule has 5 aliphatic heterocycles. The first-order valence-electron chi connectivity index (χ1n) is 35.4. The van der Waals surface area contributed by atoms with Gasteiger partial charge in [-0.3, -0.25) is 24.0 Å². The minimum absolute atomic E-state index is 0.0105. The van der Waals surface area contributed by atoms with Crippen LogP contribution in [-0.4, -0.2) is 150 Å². The number of aromatic nitrogens is 2. The predicted molar refractivity (Wildman–Crippen MR) is 349 cm³/mol. The number of H-pyrrole nitrogens is 1. The van der Waals surface area contributed by atoms with Gasteiger partial charge < -0.3 is 52.8 Å². The summed E-state index contributed by atoms with van der Waals surface area (Å²) in [4.78, 5) is 110. The van der Waals surface area contributed by atoms with Crippen molar-refractivity contribution in [1.29, 1.82) is 0 Å². The number of ether oxygens (including phenoxy) is 7. The molecule has 4 aliphatic carbocycles. The number of likely N-dealkylation sites (tertiary alicyclic amines) is 1. The molecule has 0 spiro atoms. The molecule has 504 valence electrons. The number of hydrogen-bond donors (Lipinski definition) is 1. The van der Waals surface area contributed by atoms with E-state index in [4.69, 9.17) is 38.1 Å². The number of hydrogen-bond acceptors (Lipinski definition) is 16. The molecule has 3 saturated heterocycles. The van der Waals surface area contributed by atoms with Crippen LogP contribution in [0.1, 0.15) is 192 Å². The fraction of sp³-hybridized carbons (Fsp3) is 0.676. The number of fused-ring (bicyclic) bond motifs is 10. The third kappa shape index (κ3) is 15.2. The number of aromatic amines is 1. The molecule has 2 amide bonds. The van der Waals surface area contributed by atoms with E-state index < -0.39 is 48.1 Å². The zero-order chi connectivity index (χ0) is 65.0. The Morgan fingerprint density at radius 2 is 1.06 bits per heavy atom. The average molecular weight is 1280 g/mol. The number of pyridine rings is 2. The molecular weight excluding hydrogens is 1180 g/mol. The van der Waals surface area contributed by atoms with E-state index in [0.717, 1.165) is 183 Å². The summed E-state index contributed by atoms with van der Waals surface area (Å²) >= 11 is 0. The quantitative estimate of drug-likeness (QED) is 0.140. The maximum atomic E-state index is 14.7. The van der Waals surface area contributed by atoms with E-state index in [0.29, 0.717) is 46.5 Å². The summed E-state index contributed by atoms with van der Waals surface area (Å²) in [7, 11) is 4.84. The molecule has 19 nitrogen and oxygen atoms in total. The van der Waals surface area contributed by atoms with Crippen molar-refractivity contribution >= 4 is 57.5 Å². The van der Waals surface area contributed by atoms with E-state index in [-0.39, 0.29) is 97.1 Å². The van der Waals surface area contributed by atoms with Crippen LogP contribution in [0.25, 0.3) is 21.8 Å². The van der Waals surface area contributed by atoms with Gasteiger partial charge in [-0.15, -0.1) is 0 Å². The summed E-state index contributed by atoms with van der Waals surface area (Å²) in [6.07, 6.45) is 22.0. The van der Waals surface area contributed by atoms with E-state index in [1.807, 2.05) is 42.5 Å². The molecule has 13 rings (SSSR count). The van der Waals surface area contributed by atoms with Crippen molar-refractivity contribution in [2.75, 3.05) is 47.4 Å². The zero-order valence-electron chi connectivity index (χ0n) is 55.6. The van der Waals surface area contributed by atoms with Crippen LogP contribution in [0.15, 0.2) is 53.3 Å². The highest BCUT2D eigenvalue weighted by atomic mass is 16.6. The van der Waals surface area contributed by atoms with Gasteiger partial charge in [0.2, 0.25) is 17.7 Å². The summed E-state index contributed by atoms with van der Waals surface area (Å²) in [5, 5.41) is 1.60. The molecule has 10 atom stereocenters. The van der Waals surface area contributed by atoms with Gasteiger partial charge in [-0.2, -0.15) is 0 Å². The number of piperidine rings is 1. The predicted octanol–water partition coefficient (Wildman–Crippen LogP) is 11.3. The van der Waals surface area contributed by atoms with Crippen molar-refractivity contribution in [1.82, 2.24) is 24.7 Å². The third-order valence-electron chi connectivity index (χ3n) is 22.7. The van der Waals surface area contributed by atoms with Gasteiger partial charge in [0.25, 0.3) is 0 Å². The van der Waals surface area contributed by atoms with Crippen molar-refractivity contribution in [2.24, 2.45) is 34.5 Å². The Morgan fingerprint density at radius 3 is 1.61 bits per heavy atom. The molecule has 9 aliphatic rings. The Bertz CT molecular complexity index is 3420. The molecule has 7 heterocycles. The van der Waals surface area contributed by atoms with E-state index in [1.54, 1.807) is 9.80 Å². The molecule has 4 aromatic rings. The molecule has 0 radical (unpaired) electrons. The topological polar surface area (TPSA) is 222 Å². The molecule has 0 unspecified atom stereocenters. The number of nitrogens with zero attached hydrogens (tertiary/aromatic N) is 4. The second-order valence-corrected chi connectivity index (χ2v) is 29.4. The lowest BCUT2D eigenvalue weighted by atomic mass is 9.65. The lowest BCUT2D eigenvalue weighted by molar-refractivity contribution is -0.159. The average Bonchev–Trinajstić information content (AvgIpc) is 1.47. The van der Waals surface area contributed by atoms with Gasteiger partial charge in [-0.05, 0) is 144 Å². The number of carbonyl (C=O) groups is 6. The maximum absolute atomic E-state index is 14.7. The highest BCUT2D eigenvalue weighted by Crippen LogP contribution is 2.49. The van der Waals surface area contributed by atoms with Gasteiger partial charge in [0.05, 0.1) is 74.1 Å². The maximum Gasteiger partial charge on any atom is 0.328 e. The molecule has 93 heavy (non-hydrogen) atoms. The van der Waals surface area contributed by atoms with E-state index >= 15 is 0 Å². The summed E-state index contributed by atoms with van der Waals surface area (Å²) < 4.78 is 42.5. The van der Waals surface area contributed by atoms with Crippen LogP contribution in [0.3, 0.4) is 0 Å². The number of para-hydroxylation sites is 2. The number of esters is 4. The number of rotatable bonds is 6. The standard InChI is InChI=1S/C40H55N3O7.C34H44N2O7/c1-40(18-10-5-11-19-40)31-24-35(44)50-34-22-26(34)12-6-4-7-14-30-36(48-27-16-20-42(2)21-17-27)29-13-8-9-15-32(29)41-37(30)49-28-23-33(39(46)47-3)43(25-28)38(31)45;1-34(15-9-4-10-16-34)25-19-29(37)43-28-17-21(28)11-5-3-6-13-24-30(38)23-12-7-8-14-26(23)35-31(24)42-22-18-27(33(40)41-2)36(20-22)32(25)39/h8-9,13,15,26-28,31,33-34H,4-7,10-12,14,16-25H2,1-3H3;7-8,12,14,21-22,25,27-28H,3-6,9-11,13,15-20H2,1-2H3,(H,35,38)/t26-,28-,31-,33+,34-;21-,22-,25-,27+,28-/m11/s1. The lowest BCUT2D eigenvalue weighted by Gasteiger charge is -2.41. The largest absolute Gasteiger partial charge is 0.489 e. The van der Waals surface area contributed by atoms with Crippen LogP contribution < -0.4 is 19.6 Å². The second kappa shape index (κ2) is 29.1. The Morgan fingerprint density at radius 1 is 0.570 bits per heavy atom. The number of carbonyl (C=O) groups excluding carboxylic acids is 6. The van der Waals surface area contributed by atoms with E-state index in [9.17, 15) is 33.6 Å². The first-order chi connectivity index (χ1) is 45.0. The van der Waals surface area contributed by atoms with Crippen molar-refractivity contribution in [3.63, 3.8) is 0 Å². The number of benzene rings is 2. The van der Waals surface area contributed by atoms with Gasteiger partial charge in [-0.1, -0.05) is 102 Å².